The Labute approximate surface area is 102 Å². The zero-order valence-electron chi connectivity index (χ0n) is 10.4. The van der Waals surface area contributed by atoms with Gasteiger partial charge >= 0.3 is 0 Å². The van der Waals surface area contributed by atoms with E-state index in [1.54, 1.807) is 9.80 Å². The Kier molecular flexibility index (Phi) is 3.66. The molecule has 2 heterocycles. The van der Waals surface area contributed by atoms with E-state index in [4.69, 9.17) is 5.73 Å². The predicted molar refractivity (Wildman–Crippen MR) is 64.2 cm³/mol. The van der Waals surface area contributed by atoms with Crippen LogP contribution in [0.4, 0.5) is 0 Å². The third-order valence-corrected chi connectivity index (χ3v) is 3.87. The Balaban J connectivity index is 1.85. The number of rotatable bonds is 2. The van der Waals surface area contributed by atoms with E-state index in [1.807, 2.05) is 0 Å². The molecule has 0 spiro atoms. The van der Waals surface area contributed by atoms with Crippen molar-refractivity contribution in [3.63, 3.8) is 0 Å². The van der Waals surface area contributed by atoms with Gasteiger partial charge in [0.15, 0.2) is 0 Å². The number of hydrogen-bond donors (Lipinski definition) is 1. The minimum Gasteiger partial charge on any atom is -0.340 e. The molecule has 0 aliphatic carbocycles. The van der Waals surface area contributed by atoms with Crippen LogP contribution >= 0.6 is 0 Å². The quantitative estimate of drug-likeness (QED) is 0.726. The van der Waals surface area contributed by atoms with Crippen molar-refractivity contribution in [3.05, 3.63) is 0 Å². The van der Waals surface area contributed by atoms with Crippen LogP contribution < -0.4 is 5.73 Å². The number of likely N-dealkylation sites (tertiary alicyclic amines) is 2. The van der Waals surface area contributed by atoms with Crippen LogP contribution in [0, 0.1) is 5.92 Å². The molecule has 2 atom stereocenters. The second-order valence-electron chi connectivity index (χ2n) is 5.19. The minimum absolute atomic E-state index is 0.0441. The molecule has 2 fully saturated rings. The number of carbonyl (C=O) groups is 2. The molecule has 0 saturated carbocycles. The number of amides is 2. The van der Waals surface area contributed by atoms with Crippen molar-refractivity contribution < 1.29 is 9.59 Å². The second kappa shape index (κ2) is 5.04. The van der Waals surface area contributed by atoms with Gasteiger partial charge in [0, 0.05) is 32.1 Å². The summed E-state index contributed by atoms with van der Waals surface area (Å²) in [6.45, 7) is 4.48. The number of nitrogens with two attached hydrogens (primary N) is 1. The molecule has 2 saturated heterocycles. The van der Waals surface area contributed by atoms with Crippen molar-refractivity contribution >= 4 is 11.8 Å². The molecule has 2 aliphatic rings. The van der Waals surface area contributed by atoms with Crippen molar-refractivity contribution in [1.82, 2.24) is 9.80 Å². The lowest BCUT2D eigenvalue weighted by atomic mass is 9.94. The van der Waals surface area contributed by atoms with Gasteiger partial charge in [-0.3, -0.25) is 9.59 Å². The van der Waals surface area contributed by atoms with Crippen LogP contribution in [0.2, 0.25) is 0 Å². The zero-order valence-corrected chi connectivity index (χ0v) is 10.4. The number of carbonyl (C=O) groups excluding carboxylic acids is 2. The van der Waals surface area contributed by atoms with E-state index in [0.29, 0.717) is 18.9 Å². The molecule has 96 valence electrons. The smallest absolute Gasteiger partial charge is 0.242 e. The molecule has 0 aromatic heterocycles. The van der Waals surface area contributed by atoms with Crippen LogP contribution in [0.1, 0.15) is 26.2 Å². The van der Waals surface area contributed by atoms with Gasteiger partial charge in [0.1, 0.15) is 0 Å². The minimum atomic E-state index is 0.0441. The SMILES string of the molecule is CC1CCN(C(=O)CN2CCCC2=O)CC1N. The Morgan fingerprint density at radius 1 is 1.47 bits per heavy atom. The van der Waals surface area contributed by atoms with Crippen LogP contribution in [-0.2, 0) is 9.59 Å². The Morgan fingerprint density at radius 2 is 2.24 bits per heavy atom. The van der Waals surface area contributed by atoms with E-state index in [0.717, 1.165) is 25.9 Å². The first-order chi connectivity index (χ1) is 8.08. The van der Waals surface area contributed by atoms with Crippen LogP contribution in [0.5, 0.6) is 0 Å². The van der Waals surface area contributed by atoms with Gasteiger partial charge in [-0.2, -0.15) is 0 Å². The summed E-state index contributed by atoms with van der Waals surface area (Å²) in [5, 5.41) is 0. The molecule has 0 bridgehead atoms. The fourth-order valence-electron chi connectivity index (χ4n) is 2.46. The Hall–Kier alpha value is -1.10. The monoisotopic (exact) mass is 239 g/mol. The number of piperidine rings is 1. The van der Waals surface area contributed by atoms with Crippen molar-refractivity contribution in [2.45, 2.75) is 32.2 Å². The van der Waals surface area contributed by atoms with Crippen LogP contribution in [0.25, 0.3) is 0 Å². The van der Waals surface area contributed by atoms with Gasteiger partial charge in [-0.15, -0.1) is 0 Å². The summed E-state index contributed by atoms with van der Waals surface area (Å²) in [4.78, 5) is 26.9. The fraction of sp³-hybridized carbons (Fsp3) is 0.833. The topological polar surface area (TPSA) is 66.6 Å². The lowest BCUT2D eigenvalue weighted by Gasteiger charge is -2.35. The molecule has 2 unspecified atom stereocenters. The van der Waals surface area contributed by atoms with Gasteiger partial charge in [0.25, 0.3) is 0 Å². The Morgan fingerprint density at radius 3 is 2.82 bits per heavy atom. The molecule has 2 rings (SSSR count). The summed E-state index contributed by atoms with van der Waals surface area (Å²) in [6, 6.07) is 0.0713. The van der Waals surface area contributed by atoms with Crippen molar-refractivity contribution in [2.75, 3.05) is 26.2 Å². The summed E-state index contributed by atoms with van der Waals surface area (Å²) in [5.41, 5.74) is 5.97. The third kappa shape index (κ3) is 2.77. The molecule has 0 aromatic carbocycles. The molecule has 0 aromatic rings. The van der Waals surface area contributed by atoms with E-state index >= 15 is 0 Å². The van der Waals surface area contributed by atoms with E-state index in [2.05, 4.69) is 6.92 Å². The van der Waals surface area contributed by atoms with Gasteiger partial charge in [0.05, 0.1) is 6.54 Å². The molecular weight excluding hydrogens is 218 g/mol. The maximum Gasteiger partial charge on any atom is 0.242 e. The maximum absolute atomic E-state index is 12.0. The van der Waals surface area contributed by atoms with E-state index in [-0.39, 0.29) is 24.4 Å². The molecule has 2 N–H and O–H groups in total. The average molecular weight is 239 g/mol. The first kappa shape index (κ1) is 12.4. The highest BCUT2D eigenvalue weighted by Crippen LogP contribution is 2.16. The molecular formula is C12H21N3O2. The van der Waals surface area contributed by atoms with Gasteiger partial charge < -0.3 is 15.5 Å². The summed E-state index contributed by atoms with van der Waals surface area (Å²) in [5.74, 6) is 0.628. The first-order valence-electron chi connectivity index (χ1n) is 6.39. The zero-order chi connectivity index (χ0) is 12.4. The molecule has 2 aliphatic heterocycles. The summed E-state index contributed by atoms with van der Waals surface area (Å²) >= 11 is 0. The number of hydrogen-bond acceptors (Lipinski definition) is 3. The van der Waals surface area contributed by atoms with Crippen LogP contribution in [0.15, 0.2) is 0 Å². The van der Waals surface area contributed by atoms with Crippen molar-refractivity contribution in [1.29, 1.82) is 0 Å². The summed E-state index contributed by atoms with van der Waals surface area (Å²) in [6.07, 6.45) is 2.42. The van der Waals surface area contributed by atoms with E-state index < -0.39 is 0 Å². The number of nitrogens with zero attached hydrogens (tertiary/aromatic N) is 2. The lowest BCUT2D eigenvalue weighted by molar-refractivity contribution is -0.139. The highest BCUT2D eigenvalue weighted by Gasteiger charge is 2.29. The third-order valence-electron chi connectivity index (χ3n) is 3.87. The summed E-state index contributed by atoms with van der Waals surface area (Å²) < 4.78 is 0. The first-order valence-corrected chi connectivity index (χ1v) is 6.39. The molecule has 5 heteroatoms. The lowest BCUT2D eigenvalue weighted by Crippen LogP contribution is -2.52. The largest absolute Gasteiger partial charge is 0.340 e. The van der Waals surface area contributed by atoms with Gasteiger partial charge in [0.2, 0.25) is 11.8 Å². The highest BCUT2D eigenvalue weighted by molar-refractivity contribution is 5.85. The molecule has 17 heavy (non-hydrogen) atoms. The standard InChI is InChI=1S/C12H21N3O2/c1-9-4-6-15(7-10(9)13)12(17)8-14-5-2-3-11(14)16/h9-10H,2-8,13H2,1H3. The predicted octanol–water partition coefficient (Wildman–Crippen LogP) is -0.195. The van der Waals surface area contributed by atoms with E-state index in [9.17, 15) is 9.59 Å². The molecule has 2 amide bonds. The van der Waals surface area contributed by atoms with Crippen LogP contribution in [-0.4, -0.2) is 53.8 Å². The molecule has 5 nitrogen and oxygen atoms in total. The highest BCUT2D eigenvalue weighted by atomic mass is 16.2. The normalized spacial score (nSPS) is 29.9. The molecule has 0 radical (unpaired) electrons. The van der Waals surface area contributed by atoms with Crippen molar-refractivity contribution in [3.8, 4) is 0 Å². The van der Waals surface area contributed by atoms with E-state index in [1.165, 1.54) is 0 Å². The fourth-order valence-corrected chi connectivity index (χ4v) is 2.46. The van der Waals surface area contributed by atoms with Gasteiger partial charge in [-0.1, -0.05) is 6.92 Å². The van der Waals surface area contributed by atoms with Crippen LogP contribution in [0.3, 0.4) is 0 Å². The van der Waals surface area contributed by atoms with Gasteiger partial charge in [-0.05, 0) is 18.8 Å². The summed E-state index contributed by atoms with van der Waals surface area (Å²) in [7, 11) is 0. The Bertz CT molecular complexity index is 319. The second-order valence-corrected chi connectivity index (χ2v) is 5.19. The van der Waals surface area contributed by atoms with Crippen molar-refractivity contribution in [2.24, 2.45) is 11.7 Å². The average Bonchev–Trinajstić information content (AvgIpc) is 2.68. The maximum atomic E-state index is 12.0. The van der Waals surface area contributed by atoms with Gasteiger partial charge in [-0.25, -0.2) is 0 Å².